The fourth-order valence-corrected chi connectivity index (χ4v) is 13.4. The largest absolute Gasteiger partial charge is 0.495 e. The molecule has 11 nitrogen and oxygen atoms in total. The number of thiazole rings is 2. The number of thioether (sulfide) groups is 4. The van der Waals surface area contributed by atoms with Crippen LogP contribution in [-0.4, -0.2) is 70.8 Å². The van der Waals surface area contributed by atoms with E-state index in [1.54, 1.807) is 50.7 Å². The highest BCUT2D eigenvalue weighted by molar-refractivity contribution is 8.00. The number of ketones is 2. The van der Waals surface area contributed by atoms with Gasteiger partial charge in [0.15, 0.2) is 10.3 Å². The maximum atomic E-state index is 13.4. The van der Waals surface area contributed by atoms with Crippen molar-refractivity contribution in [2.75, 3.05) is 30.1 Å². The lowest BCUT2D eigenvalue weighted by atomic mass is 10.2. The van der Waals surface area contributed by atoms with Crippen LogP contribution in [0.25, 0.3) is 26.1 Å². The third-order valence-corrected chi connectivity index (χ3v) is 16.8. The van der Waals surface area contributed by atoms with Crippen molar-refractivity contribution in [2.24, 2.45) is 0 Å². The van der Waals surface area contributed by atoms with Crippen LogP contribution in [-0.2, 0) is 41.8 Å². The maximum Gasteiger partial charge on any atom is 0.272 e. The second-order valence-electron chi connectivity index (χ2n) is 15.4. The maximum absolute atomic E-state index is 13.4. The zero-order chi connectivity index (χ0) is 45.0. The van der Waals surface area contributed by atoms with Crippen LogP contribution >= 0.6 is 69.7 Å². The van der Waals surface area contributed by atoms with Gasteiger partial charge in [0.2, 0.25) is 0 Å². The molecule has 2 aliphatic rings. The summed E-state index contributed by atoms with van der Waals surface area (Å²) >= 11 is 8.88. The van der Waals surface area contributed by atoms with Crippen molar-refractivity contribution in [1.29, 1.82) is 0 Å². The van der Waals surface area contributed by atoms with Crippen LogP contribution in [0.15, 0.2) is 121 Å². The summed E-state index contributed by atoms with van der Waals surface area (Å²) in [6, 6.07) is 29.5. The van der Waals surface area contributed by atoms with Crippen molar-refractivity contribution in [3.63, 3.8) is 0 Å². The molecule has 0 amide bonds. The number of aryl methyl sites for hydroxylation is 4. The first kappa shape index (κ1) is 45.1. The fourth-order valence-electron chi connectivity index (χ4n) is 7.40. The highest BCUT2D eigenvalue weighted by Gasteiger charge is 2.25. The summed E-state index contributed by atoms with van der Waals surface area (Å²) in [6.07, 6.45) is 2.13. The third kappa shape index (κ3) is 10.3. The van der Waals surface area contributed by atoms with Gasteiger partial charge in [0.05, 0.1) is 85.3 Å². The van der Waals surface area contributed by atoms with Gasteiger partial charge in [-0.3, -0.25) is 28.3 Å². The van der Waals surface area contributed by atoms with Gasteiger partial charge in [-0.05, 0) is 66.9 Å². The van der Waals surface area contributed by atoms with Crippen molar-refractivity contribution < 1.29 is 14.3 Å². The van der Waals surface area contributed by atoms with Gasteiger partial charge in [-0.25, -0.2) is 19.9 Å². The predicted octanol–water partition coefficient (Wildman–Crippen LogP) is 9.47. The van der Waals surface area contributed by atoms with Gasteiger partial charge in [0.25, 0.3) is 11.1 Å². The van der Waals surface area contributed by atoms with Crippen molar-refractivity contribution in [2.45, 2.75) is 66.2 Å². The van der Waals surface area contributed by atoms with Crippen molar-refractivity contribution in [3.8, 4) is 11.4 Å². The fraction of sp³-hybridized carbons (Fsp3) is 0.250. The molecular formula is C48H42N6O5S6. The number of rotatable bonds is 14. The highest BCUT2D eigenvalue weighted by Crippen LogP contribution is 2.33. The van der Waals surface area contributed by atoms with Crippen molar-refractivity contribution >= 4 is 102 Å². The van der Waals surface area contributed by atoms with Crippen LogP contribution in [0.2, 0.25) is 0 Å². The Balaban J connectivity index is 0.000000164. The van der Waals surface area contributed by atoms with E-state index in [0.717, 1.165) is 76.6 Å². The van der Waals surface area contributed by atoms with E-state index >= 15 is 0 Å². The lowest BCUT2D eigenvalue weighted by Gasteiger charge is -2.15. The molecule has 0 radical (unpaired) electrons. The summed E-state index contributed by atoms with van der Waals surface area (Å²) in [7, 11) is 1.58. The smallest absolute Gasteiger partial charge is 0.272 e. The number of methoxy groups -OCH3 is 1. The molecule has 65 heavy (non-hydrogen) atoms. The summed E-state index contributed by atoms with van der Waals surface area (Å²) in [5.41, 5.74) is 7.45. The number of ether oxygens (including phenoxy) is 1. The molecule has 10 rings (SSSR count). The van der Waals surface area contributed by atoms with E-state index in [1.165, 1.54) is 46.4 Å². The van der Waals surface area contributed by atoms with Gasteiger partial charge in [0.1, 0.15) is 27.3 Å². The monoisotopic (exact) mass is 974 g/mol. The summed E-state index contributed by atoms with van der Waals surface area (Å²) < 4.78 is 11.0. The zero-order valence-corrected chi connectivity index (χ0v) is 40.6. The van der Waals surface area contributed by atoms with E-state index in [1.807, 2.05) is 85.8 Å². The number of para-hydroxylation sites is 2. The molecule has 0 bridgehead atoms. The standard InChI is InChI=1S/C24H21N3O3S3.C24H21N3O2S3/c1-14-7-8-16-20(11-14)33-21(25-16)12-15(28)13-32-24-26-17-9-10-31-22(17)23(29)27(24)18-5-3-4-6-19(18)30-2;1-15-7-8-18-20(11-15)32-21(25-18)12-17(28)14-31-24-26-19-9-10-30-22(19)23(29)27(24)13-16-5-3-2-4-6-16/h3-8,11H,9-10,12-13H2,1-2H3;2-8,11H,9-10,12-14H2,1H3. The molecule has 0 atom stereocenters. The van der Waals surface area contributed by atoms with E-state index < -0.39 is 0 Å². The molecule has 0 aliphatic carbocycles. The highest BCUT2D eigenvalue weighted by atomic mass is 32.2. The predicted molar refractivity (Wildman–Crippen MR) is 267 cm³/mol. The van der Waals surface area contributed by atoms with E-state index in [4.69, 9.17) is 14.7 Å². The minimum Gasteiger partial charge on any atom is -0.495 e. The summed E-state index contributed by atoms with van der Waals surface area (Å²) in [6.45, 7) is 4.55. The Kier molecular flexibility index (Phi) is 14.0. The Morgan fingerprint density at radius 1 is 0.662 bits per heavy atom. The zero-order valence-electron chi connectivity index (χ0n) is 35.7. The Morgan fingerprint density at radius 2 is 1.20 bits per heavy atom. The number of benzene rings is 4. The molecule has 2 aliphatic heterocycles. The van der Waals surface area contributed by atoms with Crippen LogP contribution < -0.4 is 15.9 Å². The number of hydrogen-bond donors (Lipinski definition) is 0. The van der Waals surface area contributed by atoms with Gasteiger partial charge in [-0.2, -0.15) is 0 Å². The Morgan fingerprint density at radius 3 is 1.80 bits per heavy atom. The number of carbonyl (C=O) groups is 2. The lowest BCUT2D eigenvalue weighted by molar-refractivity contribution is -0.116. The van der Waals surface area contributed by atoms with E-state index in [0.29, 0.717) is 39.6 Å². The van der Waals surface area contributed by atoms with Gasteiger partial charge in [0, 0.05) is 24.3 Å². The van der Waals surface area contributed by atoms with Gasteiger partial charge in [-0.1, -0.05) is 78.1 Å². The van der Waals surface area contributed by atoms with Gasteiger partial charge >= 0.3 is 0 Å². The Hall–Kier alpha value is -5.04. The normalized spacial score (nSPS) is 12.8. The first-order valence-electron chi connectivity index (χ1n) is 20.8. The number of Topliss-reactive ketones (excluding diaryl/α,β-unsaturated/α-hetero) is 2. The number of aromatic nitrogens is 6. The van der Waals surface area contributed by atoms with Crippen LogP contribution in [0, 0.1) is 13.8 Å². The van der Waals surface area contributed by atoms with Crippen molar-refractivity contribution in [1.82, 2.24) is 29.1 Å². The minimum absolute atomic E-state index is 0.00200. The second kappa shape index (κ2) is 20.2. The number of carbonyl (C=O) groups excluding carboxylic acids is 2. The average Bonchev–Trinajstić information content (AvgIpc) is 4.13. The number of nitrogens with zero attached hydrogens (tertiary/aromatic N) is 6. The topological polar surface area (TPSA) is 139 Å². The molecular weight excluding hydrogens is 933 g/mol. The molecule has 330 valence electrons. The van der Waals surface area contributed by atoms with Crippen molar-refractivity contribution in [3.05, 3.63) is 150 Å². The Bertz CT molecular complexity index is 3220. The third-order valence-electron chi connectivity index (χ3n) is 10.5. The van der Waals surface area contributed by atoms with Crippen LogP contribution in [0.3, 0.4) is 0 Å². The molecule has 17 heteroatoms. The molecule has 0 N–H and O–H groups in total. The van der Waals surface area contributed by atoms with Gasteiger partial charge < -0.3 is 4.74 Å². The molecule has 4 aromatic carbocycles. The average molecular weight is 975 g/mol. The molecule has 4 aromatic heterocycles. The molecule has 0 spiro atoms. The Labute approximate surface area is 399 Å². The molecule has 8 aromatic rings. The summed E-state index contributed by atoms with van der Waals surface area (Å²) in [5, 5.41) is 2.77. The van der Waals surface area contributed by atoms with E-state index in [9.17, 15) is 19.2 Å². The SMILES string of the molecule is COc1ccccc1-n1c(SCC(=O)Cc2nc3ccc(C)cc3s2)nc2c(c1=O)SCC2.Cc1ccc2nc(CC(=O)CSc3nc4c(c(=O)n3Cc3ccccc3)SCC4)sc2c1. The first-order chi connectivity index (χ1) is 31.6. The number of hydrogen-bond acceptors (Lipinski definition) is 15. The summed E-state index contributed by atoms with van der Waals surface area (Å²) in [4.78, 5) is 72.2. The first-order valence-corrected chi connectivity index (χ1v) is 26.4. The summed E-state index contributed by atoms with van der Waals surface area (Å²) in [5.74, 6) is 2.92. The van der Waals surface area contributed by atoms with Crippen LogP contribution in [0.5, 0.6) is 5.75 Å². The lowest BCUT2D eigenvalue weighted by Crippen LogP contribution is -2.26. The van der Waals surface area contributed by atoms with E-state index in [2.05, 4.69) is 29.0 Å². The molecule has 0 unspecified atom stereocenters. The van der Waals surface area contributed by atoms with Gasteiger partial charge in [-0.15, -0.1) is 46.2 Å². The molecule has 0 fully saturated rings. The number of fused-ring (bicyclic) bond motifs is 4. The second-order valence-corrected chi connectivity index (χ2v) is 21.7. The minimum atomic E-state index is -0.108. The molecule has 0 saturated carbocycles. The van der Waals surface area contributed by atoms with E-state index in [-0.39, 0.29) is 40.6 Å². The molecule has 6 heterocycles. The molecule has 0 saturated heterocycles. The van der Waals surface area contributed by atoms with Crippen LogP contribution in [0.4, 0.5) is 0 Å². The van der Waals surface area contributed by atoms with Crippen LogP contribution in [0.1, 0.15) is 38.1 Å². The quantitative estimate of drug-likeness (QED) is 0.0756.